The molecule has 0 saturated heterocycles. The van der Waals surface area contributed by atoms with Crippen molar-refractivity contribution in [2.45, 2.75) is 97.4 Å². The van der Waals surface area contributed by atoms with Crippen LogP contribution in [0.5, 0.6) is 0 Å². The molecule has 0 amide bonds. The Morgan fingerprint density at radius 3 is 1.50 bits per heavy atom. The Balaban J connectivity index is 3.53. The highest BCUT2D eigenvalue weighted by Crippen LogP contribution is 2.21. The molecule has 0 saturated carbocycles. The maximum absolute atomic E-state index is 10.9. The predicted molar refractivity (Wildman–Crippen MR) is 117 cm³/mol. The number of hydrogen-bond donors (Lipinski definition) is 0. The highest BCUT2D eigenvalue weighted by atomic mass is 28.4. The molecule has 6 heteroatoms. The van der Waals surface area contributed by atoms with E-state index < -0.39 is 8.80 Å². The van der Waals surface area contributed by atoms with Crippen LogP contribution in [0.1, 0.15) is 91.4 Å². The lowest BCUT2D eigenvalue weighted by Gasteiger charge is -2.28. The van der Waals surface area contributed by atoms with Gasteiger partial charge in [-0.25, -0.2) is 4.79 Å². The monoisotopic (exact) mass is 416 g/mol. The summed E-state index contributed by atoms with van der Waals surface area (Å²) in [5.41, 5.74) is 0. The van der Waals surface area contributed by atoms with Gasteiger partial charge in [0.1, 0.15) is 0 Å². The number of carbonyl (C=O) groups is 1. The lowest BCUT2D eigenvalue weighted by Crippen LogP contribution is -2.45. The van der Waals surface area contributed by atoms with Gasteiger partial charge < -0.3 is 18.0 Å². The summed E-state index contributed by atoms with van der Waals surface area (Å²) in [6.45, 7) is 11.9. The summed E-state index contributed by atoms with van der Waals surface area (Å²) in [5, 5.41) is 0. The van der Waals surface area contributed by atoms with E-state index in [0.29, 0.717) is 26.4 Å². The van der Waals surface area contributed by atoms with Crippen LogP contribution >= 0.6 is 0 Å². The zero-order valence-electron chi connectivity index (χ0n) is 18.6. The quantitative estimate of drug-likeness (QED) is 0.0985. The molecule has 0 radical (unpaired) electrons. The van der Waals surface area contributed by atoms with Gasteiger partial charge in [-0.05, 0) is 33.6 Å². The fraction of sp³-hybridized carbons (Fsp3) is 0.864. The van der Waals surface area contributed by atoms with Crippen LogP contribution in [0.2, 0.25) is 6.04 Å². The van der Waals surface area contributed by atoms with Gasteiger partial charge in [0.05, 0.1) is 6.61 Å². The Hall–Kier alpha value is -0.693. The second kappa shape index (κ2) is 19.6. The second-order valence-electron chi connectivity index (χ2n) is 6.99. The molecule has 0 aliphatic carbocycles. The number of hydrogen-bond acceptors (Lipinski definition) is 5. The molecule has 0 spiro atoms. The number of esters is 1. The number of rotatable bonds is 21. The van der Waals surface area contributed by atoms with Crippen LogP contribution in [-0.2, 0) is 22.8 Å². The van der Waals surface area contributed by atoms with Crippen molar-refractivity contribution >= 4 is 14.8 Å². The largest absolute Gasteiger partial charge is 0.500 e. The van der Waals surface area contributed by atoms with Gasteiger partial charge in [-0.2, -0.15) is 0 Å². The van der Waals surface area contributed by atoms with E-state index in [-0.39, 0.29) is 5.97 Å². The van der Waals surface area contributed by atoms with E-state index in [4.69, 9.17) is 18.0 Å². The van der Waals surface area contributed by atoms with Gasteiger partial charge in [-0.3, -0.25) is 0 Å². The van der Waals surface area contributed by atoms with E-state index in [1.807, 2.05) is 20.8 Å². The van der Waals surface area contributed by atoms with Crippen LogP contribution in [0.15, 0.2) is 12.7 Å². The van der Waals surface area contributed by atoms with Gasteiger partial charge in [0.15, 0.2) is 0 Å². The van der Waals surface area contributed by atoms with Crippen LogP contribution in [0.4, 0.5) is 0 Å². The van der Waals surface area contributed by atoms with Crippen LogP contribution in [0, 0.1) is 0 Å². The average Bonchev–Trinajstić information content (AvgIpc) is 2.68. The molecule has 0 atom stereocenters. The molecule has 0 bridgehead atoms. The van der Waals surface area contributed by atoms with Crippen molar-refractivity contribution in [3.8, 4) is 0 Å². The summed E-state index contributed by atoms with van der Waals surface area (Å²) < 4.78 is 22.7. The standard InChI is InChI=1S/C22H44O5Si/c1-5-22(23)24-20-18-16-14-12-10-9-11-13-15-17-19-21-28(25-6-2,26-7-3)27-8-4/h5H,1,6-21H2,2-4H3. The van der Waals surface area contributed by atoms with Gasteiger partial charge >= 0.3 is 14.8 Å². The van der Waals surface area contributed by atoms with E-state index in [1.165, 1.54) is 57.4 Å². The van der Waals surface area contributed by atoms with E-state index >= 15 is 0 Å². The summed E-state index contributed by atoms with van der Waals surface area (Å²) in [6.07, 6.45) is 14.7. The van der Waals surface area contributed by atoms with Crippen molar-refractivity contribution < 1.29 is 22.8 Å². The minimum absolute atomic E-state index is 0.318. The molecule has 0 aliphatic rings. The third-order valence-electron chi connectivity index (χ3n) is 4.63. The summed E-state index contributed by atoms with van der Waals surface area (Å²) in [7, 11) is -2.44. The summed E-state index contributed by atoms with van der Waals surface area (Å²) in [4.78, 5) is 10.9. The SMILES string of the molecule is C=CC(=O)OCCCCCCCCCCCCC[Si](OCC)(OCC)OCC. The van der Waals surface area contributed by atoms with E-state index in [9.17, 15) is 4.79 Å². The van der Waals surface area contributed by atoms with Crippen molar-refractivity contribution in [1.82, 2.24) is 0 Å². The maximum atomic E-state index is 10.9. The van der Waals surface area contributed by atoms with E-state index in [2.05, 4.69) is 6.58 Å². The summed E-state index contributed by atoms with van der Waals surface area (Å²) in [6, 6.07) is 0.935. The highest BCUT2D eigenvalue weighted by molar-refractivity contribution is 6.60. The van der Waals surface area contributed by atoms with Crippen molar-refractivity contribution in [2.24, 2.45) is 0 Å². The van der Waals surface area contributed by atoms with Gasteiger partial charge in [-0.1, -0.05) is 64.4 Å². The van der Waals surface area contributed by atoms with Crippen LogP contribution in [0.3, 0.4) is 0 Å². The molecule has 166 valence electrons. The van der Waals surface area contributed by atoms with Crippen molar-refractivity contribution in [2.75, 3.05) is 26.4 Å². The molecule has 0 N–H and O–H groups in total. The van der Waals surface area contributed by atoms with Crippen LogP contribution in [-0.4, -0.2) is 41.2 Å². The molecular weight excluding hydrogens is 372 g/mol. The first-order valence-electron chi connectivity index (χ1n) is 11.3. The molecular formula is C22H44O5Si. The van der Waals surface area contributed by atoms with Gasteiger partial charge in [0, 0.05) is 31.9 Å². The lowest BCUT2D eigenvalue weighted by molar-refractivity contribution is -0.137. The van der Waals surface area contributed by atoms with Gasteiger partial charge in [0.25, 0.3) is 0 Å². The second-order valence-corrected chi connectivity index (χ2v) is 9.72. The van der Waals surface area contributed by atoms with Crippen molar-refractivity contribution in [1.29, 1.82) is 0 Å². The number of unbranched alkanes of at least 4 members (excludes halogenated alkanes) is 10. The first-order chi connectivity index (χ1) is 13.6. The summed E-state index contributed by atoms with van der Waals surface area (Å²) in [5.74, 6) is -0.318. The highest BCUT2D eigenvalue weighted by Gasteiger charge is 2.39. The minimum Gasteiger partial charge on any atom is -0.463 e. The zero-order chi connectivity index (χ0) is 20.9. The smallest absolute Gasteiger partial charge is 0.463 e. The summed E-state index contributed by atoms with van der Waals surface area (Å²) >= 11 is 0. The predicted octanol–water partition coefficient (Wildman–Crippen LogP) is 6.06. The molecule has 0 rings (SSSR count). The Morgan fingerprint density at radius 2 is 1.11 bits per heavy atom. The Morgan fingerprint density at radius 1 is 0.714 bits per heavy atom. The molecule has 0 heterocycles. The number of carbonyl (C=O) groups excluding carboxylic acids is 1. The van der Waals surface area contributed by atoms with Crippen LogP contribution < -0.4 is 0 Å². The molecule has 0 aliphatic heterocycles. The Bertz CT molecular complexity index is 359. The minimum atomic E-state index is -2.44. The molecule has 0 aromatic heterocycles. The fourth-order valence-corrected chi connectivity index (χ4v) is 5.95. The van der Waals surface area contributed by atoms with E-state index in [1.54, 1.807) is 0 Å². The van der Waals surface area contributed by atoms with E-state index in [0.717, 1.165) is 25.3 Å². The Kier molecular flexibility index (Phi) is 19.1. The van der Waals surface area contributed by atoms with Gasteiger partial charge in [-0.15, -0.1) is 0 Å². The fourth-order valence-electron chi connectivity index (χ4n) is 3.27. The molecule has 28 heavy (non-hydrogen) atoms. The first-order valence-corrected chi connectivity index (χ1v) is 13.3. The van der Waals surface area contributed by atoms with Crippen LogP contribution in [0.25, 0.3) is 0 Å². The third-order valence-corrected chi connectivity index (χ3v) is 7.78. The zero-order valence-corrected chi connectivity index (χ0v) is 19.6. The number of ether oxygens (including phenoxy) is 1. The van der Waals surface area contributed by atoms with Crippen molar-refractivity contribution in [3.63, 3.8) is 0 Å². The van der Waals surface area contributed by atoms with Gasteiger partial charge in [0.2, 0.25) is 0 Å². The molecule has 0 unspecified atom stereocenters. The first kappa shape index (κ1) is 27.3. The third kappa shape index (κ3) is 15.3. The molecule has 5 nitrogen and oxygen atoms in total. The molecule has 0 aromatic rings. The van der Waals surface area contributed by atoms with Crippen molar-refractivity contribution in [3.05, 3.63) is 12.7 Å². The normalized spacial score (nSPS) is 11.5. The average molecular weight is 417 g/mol. The topological polar surface area (TPSA) is 54.0 Å². The Labute approximate surface area is 174 Å². The maximum Gasteiger partial charge on any atom is 0.500 e. The molecule has 0 aromatic carbocycles. The lowest BCUT2D eigenvalue weighted by atomic mass is 10.1. The molecule has 0 fully saturated rings.